The van der Waals surface area contributed by atoms with Gasteiger partial charge in [-0.15, -0.1) is 0 Å². The molecule has 4 aliphatic carbocycles. The number of nitrogens with zero attached hydrogens (tertiary/aromatic N) is 1. The number of anilines is 3. The molecule has 4 atom stereocenters. The van der Waals surface area contributed by atoms with E-state index < -0.39 is 5.41 Å². The van der Waals surface area contributed by atoms with E-state index in [0.717, 1.165) is 44.4 Å². The molecule has 69 heavy (non-hydrogen) atoms. The lowest BCUT2D eigenvalue weighted by Gasteiger charge is -2.63. The van der Waals surface area contributed by atoms with Gasteiger partial charge in [0.1, 0.15) is 11.2 Å². The first-order chi connectivity index (χ1) is 33.8. The van der Waals surface area contributed by atoms with Crippen molar-refractivity contribution in [2.75, 3.05) is 4.90 Å². The fourth-order valence-corrected chi connectivity index (χ4v) is 14.9. The average molecular weight is 890 g/mol. The maximum Gasteiger partial charge on any atom is 0.143 e. The maximum atomic E-state index is 6.68. The summed E-state index contributed by atoms with van der Waals surface area (Å²) < 4.78 is 6.68. The summed E-state index contributed by atoms with van der Waals surface area (Å²) in [6.07, 6.45) is 4.88. The number of fused-ring (bicyclic) bond motifs is 12. The van der Waals surface area contributed by atoms with Gasteiger partial charge in [-0.05, 0) is 141 Å². The van der Waals surface area contributed by atoms with Crippen LogP contribution in [0.3, 0.4) is 0 Å². The van der Waals surface area contributed by atoms with Crippen molar-refractivity contribution in [3.8, 4) is 33.4 Å². The molecule has 10 aromatic rings. The number of hydrogen-bond donors (Lipinski definition) is 0. The zero-order chi connectivity index (χ0) is 46.1. The van der Waals surface area contributed by atoms with Crippen LogP contribution in [-0.4, -0.2) is 0 Å². The summed E-state index contributed by atoms with van der Waals surface area (Å²) in [5, 5.41) is 2.28. The number of rotatable bonds is 5. The molecule has 2 saturated carbocycles. The predicted octanol–water partition coefficient (Wildman–Crippen LogP) is 17.8. The van der Waals surface area contributed by atoms with E-state index in [9.17, 15) is 0 Å². The van der Waals surface area contributed by atoms with Crippen LogP contribution in [0.2, 0.25) is 0 Å². The van der Waals surface area contributed by atoms with Gasteiger partial charge in [-0.3, -0.25) is 0 Å². The van der Waals surface area contributed by atoms with Crippen molar-refractivity contribution in [3.63, 3.8) is 0 Å². The van der Waals surface area contributed by atoms with Crippen molar-refractivity contribution in [1.29, 1.82) is 0 Å². The zero-order valence-corrected chi connectivity index (χ0v) is 39.6. The van der Waals surface area contributed by atoms with Crippen molar-refractivity contribution < 1.29 is 4.42 Å². The van der Waals surface area contributed by atoms with Crippen molar-refractivity contribution in [1.82, 2.24) is 0 Å². The molecule has 2 fully saturated rings. The first-order valence-electron chi connectivity index (χ1n) is 25.2. The summed E-state index contributed by atoms with van der Waals surface area (Å²) in [7, 11) is 0. The molecular formula is C67H55NO. The molecule has 1 heterocycles. The minimum atomic E-state index is -0.465. The van der Waals surface area contributed by atoms with Crippen LogP contribution in [0, 0.1) is 23.2 Å². The first-order valence-corrected chi connectivity index (χ1v) is 25.2. The second kappa shape index (κ2) is 15.0. The van der Waals surface area contributed by atoms with E-state index in [-0.39, 0.29) is 10.8 Å². The molecule has 2 heteroatoms. The second-order valence-electron chi connectivity index (χ2n) is 21.6. The highest BCUT2D eigenvalue weighted by molar-refractivity contribution is 6.09. The van der Waals surface area contributed by atoms with E-state index in [1.807, 2.05) is 0 Å². The molecule has 4 aliphatic rings. The minimum absolute atomic E-state index is 0.162. The summed E-state index contributed by atoms with van der Waals surface area (Å²) >= 11 is 0. The highest BCUT2D eigenvalue weighted by Crippen LogP contribution is 2.71. The van der Waals surface area contributed by atoms with Crippen molar-refractivity contribution in [3.05, 3.63) is 246 Å². The Balaban J connectivity index is 1.07. The molecule has 334 valence electrons. The van der Waals surface area contributed by atoms with Crippen LogP contribution >= 0.6 is 0 Å². The van der Waals surface area contributed by atoms with Gasteiger partial charge in [-0.25, -0.2) is 0 Å². The first kappa shape index (κ1) is 40.6. The van der Waals surface area contributed by atoms with Crippen LogP contribution in [0.1, 0.15) is 79.8 Å². The van der Waals surface area contributed by atoms with Gasteiger partial charge in [0.25, 0.3) is 0 Å². The largest absolute Gasteiger partial charge is 0.455 e. The van der Waals surface area contributed by atoms with E-state index in [0.29, 0.717) is 17.8 Å². The Kier molecular flexibility index (Phi) is 8.86. The summed E-state index contributed by atoms with van der Waals surface area (Å²) in [5.74, 6) is 1.66. The Labute approximate surface area is 405 Å². The summed E-state index contributed by atoms with van der Waals surface area (Å²) in [4.78, 5) is 2.56. The van der Waals surface area contributed by atoms with Gasteiger partial charge in [0.05, 0.1) is 11.1 Å². The van der Waals surface area contributed by atoms with E-state index in [1.165, 1.54) is 81.4 Å². The fraction of sp³-hybridized carbons (Fsp3) is 0.194. The van der Waals surface area contributed by atoms with Gasteiger partial charge >= 0.3 is 0 Å². The Bertz CT molecular complexity index is 3600. The fourth-order valence-electron chi connectivity index (χ4n) is 14.9. The minimum Gasteiger partial charge on any atom is -0.455 e. The van der Waals surface area contributed by atoms with Gasteiger partial charge < -0.3 is 9.32 Å². The van der Waals surface area contributed by atoms with Crippen molar-refractivity contribution >= 4 is 39.0 Å². The van der Waals surface area contributed by atoms with E-state index >= 15 is 0 Å². The van der Waals surface area contributed by atoms with Crippen LogP contribution in [0.25, 0.3) is 55.3 Å². The Morgan fingerprint density at radius 3 is 1.74 bits per heavy atom. The molecule has 2 nitrogen and oxygen atoms in total. The highest BCUT2D eigenvalue weighted by Gasteiger charge is 2.63. The second-order valence-corrected chi connectivity index (χ2v) is 21.6. The lowest BCUT2D eigenvalue weighted by molar-refractivity contribution is -0.0137. The molecule has 14 rings (SSSR count). The molecule has 0 aliphatic heterocycles. The quantitative estimate of drug-likeness (QED) is 0.171. The van der Waals surface area contributed by atoms with Crippen molar-refractivity contribution in [2.45, 2.75) is 57.3 Å². The van der Waals surface area contributed by atoms with Crippen LogP contribution in [-0.2, 0) is 10.8 Å². The number of hydrogen-bond acceptors (Lipinski definition) is 2. The van der Waals surface area contributed by atoms with Crippen molar-refractivity contribution in [2.24, 2.45) is 23.2 Å². The molecule has 0 saturated heterocycles. The predicted molar refractivity (Wildman–Crippen MR) is 286 cm³/mol. The van der Waals surface area contributed by atoms with Gasteiger partial charge in [-0.2, -0.15) is 0 Å². The van der Waals surface area contributed by atoms with Crippen LogP contribution in [0.15, 0.2) is 217 Å². The monoisotopic (exact) mass is 889 g/mol. The molecule has 2 unspecified atom stereocenters. The van der Waals surface area contributed by atoms with Gasteiger partial charge in [0, 0.05) is 38.7 Å². The van der Waals surface area contributed by atoms with Crippen LogP contribution < -0.4 is 4.90 Å². The Morgan fingerprint density at radius 2 is 0.986 bits per heavy atom. The molecule has 0 radical (unpaired) electrons. The van der Waals surface area contributed by atoms with Crippen LogP contribution in [0.5, 0.6) is 0 Å². The van der Waals surface area contributed by atoms with E-state index in [2.05, 4.69) is 238 Å². The number of furan rings is 1. The average Bonchev–Trinajstić information content (AvgIpc) is 3.91. The highest BCUT2D eigenvalue weighted by atomic mass is 16.3. The Morgan fingerprint density at radius 1 is 0.435 bits per heavy atom. The van der Waals surface area contributed by atoms with E-state index in [4.69, 9.17) is 4.42 Å². The van der Waals surface area contributed by atoms with Gasteiger partial charge in [0.2, 0.25) is 0 Å². The van der Waals surface area contributed by atoms with E-state index in [1.54, 1.807) is 5.56 Å². The zero-order valence-electron chi connectivity index (χ0n) is 39.6. The molecule has 0 N–H and O–H groups in total. The van der Waals surface area contributed by atoms with Gasteiger partial charge in [-0.1, -0.05) is 197 Å². The molecule has 2 spiro atoms. The third-order valence-corrected chi connectivity index (χ3v) is 17.1. The summed E-state index contributed by atoms with van der Waals surface area (Å²) in [6, 6.07) is 80.2. The third kappa shape index (κ3) is 5.72. The molecule has 0 amide bonds. The smallest absolute Gasteiger partial charge is 0.143 e. The summed E-state index contributed by atoms with van der Waals surface area (Å²) in [6.45, 7) is 7.63. The third-order valence-electron chi connectivity index (χ3n) is 17.1. The maximum absolute atomic E-state index is 6.68. The molecule has 1 aromatic heterocycles. The lowest BCUT2D eigenvalue weighted by Crippen LogP contribution is -2.58. The topological polar surface area (TPSA) is 16.4 Å². The van der Waals surface area contributed by atoms with Crippen LogP contribution in [0.4, 0.5) is 17.1 Å². The SMILES string of the molecule is CC1C[C@@H]2CC(C)(C)C[C@H](C1)C21c2ccccc2C2(c3ccccc3-c3ccccc32)c2ccc(N(c3cccc(-c4cccc5c4oc4ccccc45)c3)c3ccccc3-c3ccccc3)cc21. The number of benzene rings is 9. The normalized spacial score (nSPS) is 21.2. The van der Waals surface area contributed by atoms with Gasteiger partial charge in [0.15, 0.2) is 0 Å². The Hall–Kier alpha value is -7.42. The standard InChI is InChI=1S/C67H55NO/c1-43-37-46-41-65(2,3)42-47(38-43)66(46)58-31-13-14-32-59(58)67(56-29-11-7-24-52(56)53-25-8-12-30-57(53)67)60-36-35-49(40-61(60)66)68(62-33-15-9-23-50(62)44-19-5-4-6-20-44)48-22-17-21-45(39-48)51-27-18-28-55-54-26-10-16-34-63(54)69-64(51)55/h4-36,39-40,43,46-47H,37-38,41-42H2,1-3H3/t43?,46-,47+,66?. The molecule has 2 bridgehead atoms. The number of para-hydroxylation sites is 3. The molecule has 9 aromatic carbocycles. The lowest BCUT2D eigenvalue weighted by atomic mass is 9.40. The summed E-state index contributed by atoms with van der Waals surface area (Å²) in [5.41, 5.74) is 21.0. The molecular weight excluding hydrogens is 835 g/mol.